The summed E-state index contributed by atoms with van der Waals surface area (Å²) >= 11 is 0. The summed E-state index contributed by atoms with van der Waals surface area (Å²) in [5.74, 6) is 0. The summed E-state index contributed by atoms with van der Waals surface area (Å²) in [4.78, 5) is 9.31. The second-order valence-corrected chi connectivity index (χ2v) is 15.2. The topological polar surface area (TPSA) is 25.8 Å². The fourth-order valence-electron chi connectivity index (χ4n) is 8.03. The maximum atomic E-state index is 4.75. The van der Waals surface area contributed by atoms with Gasteiger partial charge in [0.15, 0.2) is 0 Å². The molecular weight excluding hydrogens is 833 g/mol. The van der Waals surface area contributed by atoms with E-state index in [1.165, 1.54) is 82.2 Å². The number of hydrogen-bond donors (Lipinski definition) is 0. The first kappa shape index (κ1) is 37.4. The third-order valence-corrected chi connectivity index (χ3v) is 11.2. The number of aromatic nitrogens is 2. The van der Waals surface area contributed by atoms with Crippen LogP contribution in [-0.2, 0) is 38.4 Å². The molecule has 1 aliphatic rings. The molecule has 0 saturated heterocycles. The second kappa shape index (κ2) is 16.6. The van der Waals surface area contributed by atoms with Gasteiger partial charge in [-0.25, -0.2) is 0 Å². The third-order valence-electron chi connectivity index (χ3n) is 11.2. The Morgan fingerprint density at radius 3 is 1.96 bits per heavy atom. The summed E-state index contributed by atoms with van der Waals surface area (Å²) in [6.07, 6.45) is 12.4. The molecule has 0 atom stereocenters. The minimum absolute atomic E-state index is 0. The molecule has 1 aliphatic carbocycles. The number of nitrogens with zero attached hydrogens (tertiary/aromatic N) is 2. The molecule has 8 rings (SSSR count). The predicted molar refractivity (Wildman–Crippen MR) is 221 cm³/mol. The molecule has 5 aromatic carbocycles. The molecule has 271 valence electrons. The Morgan fingerprint density at radius 2 is 1.26 bits per heavy atom. The number of benzene rings is 5. The van der Waals surface area contributed by atoms with Crippen molar-refractivity contribution in [2.45, 2.75) is 71.1 Å². The number of rotatable bonds is 9. The molecule has 2 heterocycles. The van der Waals surface area contributed by atoms with Crippen LogP contribution < -0.4 is 0 Å². The summed E-state index contributed by atoms with van der Waals surface area (Å²) < 4.78 is 0. The summed E-state index contributed by atoms with van der Waals surface area (Å²) in [5.41, 5.74) is 18.0. The quantitative estimate of drug-likeness (QED) is 0.135. The zero-order valence-electron chi connectivity index (χ0n) is 31.5. The van der Waals surface area contributed by atoms with Crippen LogP contribution in [-0.4, -0.2) is 9.97 Å². The summed E-state index contributed by atoms with van der Waals surface area (Å²) in [7, 11) is 0. The molecule has 1 saturated carbocycles. The Morgan fingerprint density at radius 1 is 0.556 bits per heavy atom. The van der Waals surface area contributed by atoms with E-state index >= 15 is 0 Å². The van der Waals surface area contributed by atoms with Crippen molar-refractivity contribution in [3.63, 3.8) is 0 Å². The van der Waals surface area contributed by atoms with Crippen LogP contribution in [0.4, 0.5) is 0 Å². The second-order valence-electron chi connectivity index (χ2n) is 15.2. The van der Waals surface area contributed by atoms with Crippen molar-refractivity contribution in [1.29, 1.82) is 0 Å². The number of hydrogen-bond acceptors (Lipinski definition) is 2. The molecule has 0 amide bonds. The maximum Gasteiger partial charge on any atom is 0.0190 e. The molecule has 0 spiro atoms. The third kappa shape index (κ3) is 8.39. The van der Waals surface area contributed by atoms with Gasteiger partial charge < -0.3 is 9.97 Å². The van der Waals surface area contributed by atoms with Gasteiger partial charge in [0.2, 0.25) is 0 Å². The number of aryl methyl sites for hydroxylation is 4. The monoisotopic (exact) mass is 879 g/mol. The fourth-order valence-corrected chi connectivity index (χ4v) is 8.03. The van der Waals surface area contributed by atoms with Crippen LogP contribution in [0.15, 0.2) is 140 Å². The van der Waals surface area contributed by atoms with Crippen LogP contribution in [0.1, 0.15) is 66.8 Å². The Labute approximate surface area is 335 Å². The standard InChI is InChI=1S/C51H46N2.Ir/c1-36-11-26-49(53-35-36)42-16-14-38(15-17-42)12-13-39-31-37(2)32-45(33-39)48-10-6-5-9-47(48)41-18-20-43(21-19-41)50-34-44(27-30-52-50)40-22-24-46(25-23-40)51(3)28-7-4-8-29-51;/h5-6,9-11,14-16,18-20,22-27,30-35H,4,7-8,12-13,28-29H2,1-3H3;/q-2;. The molecule has 7 aromatic rings. The zero-order chi connectivity index (χ0) is 36.2. The van der Waals surface area contributed by atoms with Crippen LogP contribution >= 0.6 is 0 Å². The van der Waals surface area contributed by atoms with Gasteiger partial charge in [-0.05, 0) is 94.9 Å². The first-order valence-electron chi connectivity index (χ1n) is 19.1. The molecule has 54 heavy (non-hydrogen) atoms. The van der Waals surface area contributed by atoms with E-state index in [0.29, 0.717) is 5.41 Å². The molecular formula is C51H46IrN2-2. The maximum absolute atomic E-state index is 4.75. The molecule has 0 bridgehead atoms. The van der Waals surface area contributed by atoms with Gasteiger partial charge in [-0.15, -0.1) is 65.2 Å². The Hall–Kier alpha value is -4.95. The van der Waals surface area contributed by atoms with E-state index < -0.39 is 0 Å². The normalized spacial score (nSPS) is 13.6. The van der Waals surface area contributed by atoms with Crippen molar-refractivity contribution in [1.82, 2.24) is 9.97 Å². The van der Waals surface area contributed by atoms with Gasteiger partial charge in [-0.3, -0.25) is 0 Å². The minimum atomic E-state index is 0. The first-order chi connectivity index (χ1) is 25.9. The van der Waals surface area contributed by atoms with Crippen LogP contribution in [0, 0.1) is 26.0 Å². The largest absolute Gasteiger partial charge is 0.305 e. The van der Waals surface area contributed by atoms with E-state index in [1.807, 2.05) is 12.4 Å². The Bertz CT molecular complexity index is 2320. The van der Waals surface area contributed by atoms with Crippen LogP contribution in [0.5, 0.6) is 0 Å². The van der Waals surface area contributed by atoms with E-state index in [9.17, 15) is 0 Å². The first-order valence-corrected chi connectivity index (χ1v) is 19.1. The Balaban J connectivity index is 0.00000450. The smallest absolute Gasteiger partial charge is 0.0190 e. The zero-order valence-corrected chi connectivity index (χ0v) is 33.9. The van der Waals surface area contributed by atoms with Crippen molar-refractivity contribution in [2.75, 3.05) is 0 Å². The minimum Gasteiger partial charge on any atom is -0.305 e. The van der Waals surface area contributed by atoms with Crippen LogP contribution in [0.2, 0.25) is 0 Å². The van der Waals surface area contributed by atoms with Crippen molar-refractivity contribution in [2.24, 2.45) is 0 Å². The van der Waals surface area contributed by atoms with E-state index in [0.717, 1.165) is 46.5 Å². The average Bonchev–Trinajstić information content (AvgIpc) is 3.21. The molecule has 0 aliphatic heterocycles. The van der Waals surface area contributed by atoms with Crippen LogP contribution in [0.3, 0.4) is 0 Å². The summed E-state index contributed by atoms with van der Waals surface area (Å²) in [5, 5.41) is 0. The van der Waals surface area contributed by atoms with E-state index in [2.05, 4.69) is 165 Å². The molecule has 2 nitrogen and oxygen atoms in total. The van der Waals surface area contributed by atoms with Crippen molar-refractivity contribution >= 4 is 0 Å². The van der Waals surface area contributed by atoms with Crippen molar-refractivity contribution in [3.05, 3.63) is 180 Å². The SMILES string of the molecule is Cc1ccc(-c2[c-]cc(CCc3cc(C)cc(-c4ccccc4-c4c[c-]c(-c5cc(-c6ccc(C7(C)CCCCC7)cc6)ccn5)cc4)c3)cc2)nc1.[Ir]. The molecule has 2 aromatic heterocycles. The molecule has 1 fully saturated rings. The van der Waals surface area contributed by atoms with Gasteiger partial charge in [0.1, 0.15) is 0 Å². The van der Waals surface area contributed by atoms with E-state index in [4.69, 9.17) is 4.98 Å². The average molecular weight is 879 g/mol. The summed E-state index contributed by atoms with van der Waals surface area (Å²) in [6, 6.07) is 53.4. The van der Waals surface area contributed by atoms with Crippen molar-refractivity contribution < 1.29 is 20.1 Å². The predicted octanol–water partition coefficient (Wildman–Crippen LogP) is 13.0. The molecule has 1 radical (unpaired) electrons. The van der Waals surface area contributed by atoms with Gasteiger partial charge in [-0.1, -0.05) is 134 Å². The van der Waals surface area contributed by atoms with Gasteiger partial charge in [0.25, 0.3) is 0 Å². The van der Waals surface area contributed by atoms with E-state index in [-0.39, 0.29) is 20.1 Å². The number of pyridine rings is 2. The van der Waals surface area contributed by atoms with Crippen molar-refractivity contribution in [3.8, 4) is 55.9 Å². The van der Waals surface area contributed by atoms with Gasteiger partial charge >= 0.3 is 0 Å². The van der Waals surface area contributed by atoms with Gasteiger partial charge in [0, 0.05) is 32.5 Å². The van der Waals surface area contributed by atoms with Gasteiger partial charge in [-0.2, -0.15) is 0 Å². The van der Waals surface area contributed by atoms with E-state index in [1.54, 1.807) is 0 Å². The van der Waals surface area contributed by atoms with Gasteiger partial charge in [0.05, 0.1) is 0 Å². The fraction of sp³-hybridized carbons (Fsp3) is 0.216. The summed E-state index contributed by atoms with van der Waals surface area (Å²) in [6.45, 7) is 6.69. The van der Waals surface area contributed by atoms with Crippen LogP contribution in [0.25, 0.3) is 55.9 Å². The Kier molecular flexibility index (Phi) is 11.5. The molecule has 3 heteroatoms. The molecule has 0 unspecified atom stereocenters. The molecule has 0 N–H and O–H groups in total.